The van der Waals surface area contributed by atoms with Gasteiger partial charge < -0.3 is 4.90 Å². The molecule has 1 aliphatic rings. The molecule has 5 heteroatoms. The number of likely N-dealkylation sites (N-methyl/N-ethyl adjacent to an activating group) is 1. The van der Waals surface area contributed by atoms with E-state index >= 15 is 0 Å². The number of carbonyl (C=O) groups excluding carboxylic acids is 1. The SMILES string of the molecule is CCN(C(=O)[C@@H]1CCCc2ccccc21)[C@@H](C)CS(C)(=O)=O. The van der Waals surface area contributed by atoms with E-state index in [1.807, 2.05) is 32.0 Å². The van der Waals surface area contributed by atoms with E-state index in [0.717, 1.165) is 24.8 Å². The molecule has 0 unspecified atom stereocenters. The largest absolute Gasteiger partial charge is 0.339 e. The van der Waals surface area contributed by atoms with E-state index in [9.17, 15) is 13.2 Å². The second-order valence-electron chi connectivity index (χ2n) is 6.21. The highest BCUT2D eigenvalue weighted by Gasteiger charge is 2.32. The van der Waals surface area contributed by atoms with Crippen molar-refractivity contribution >= 4 is 15.7 Å². The first-order valence-corrected chi connectivity index (χ1v) is 9.95. The highest BCUT2D eigenvalue weighted by molar-refractivity contribution is 7.90. The van der Waals surface area contributed by atoms with Crippen molar-refractivity contribution in [2.45, 2.75) is 45.1 Å². The second-order valence-corrected chi connectivity index (χ2v) is 8.39. The van der Waals surface area contributed by atoms with Gasteiger partial charge in [0.05, 0.1) is 11.7 Å². The van der Waals surface area contributed by atoms with Crippen molar-refractivity contribution in [2.75, 3.05) is 18.6 Å². The molecule has 0 saturated carbocycles. The third-order valence-electron chi connectivity index (χ3n) is 4.37. The van der Waals surface area contributed by atoms with Crippen LogP contribution < -0.4 is 0 Å². The van der Waals surface area contributed by atoms with Crippen LogP contribution in [0, 0.1) is 0 Å². The molecule has 0 aromatic heterocycles. The van der Waals surface area contributed by atoms with Gasteiger partial charge in [-0.2, -0.15) is 0 Å². The zero-order valence-electron chi connectivity index (χ0n) is 13.6. The molecule has 0 heterocycles. The Morgan fingerprint density at radius 1 is 1.36 bits per heavy atom. The highest BCUT2D eigenvalue weighted by Crippen LogP contribution is 2.33. The zero-order valence-corrected chi connectivity index (χ0v) is 14.4. The number of benzene rings is 1. The average molecular weight is 323 g/mol. The summed E-state index contributed by atoms with van der Waals surface area (Å²) >= 11 is 0. The maximum absolute atomic E-state index is 13.0. The van der Waals surface area contributed by atoms with Gasteiger partial charge in [0, 0.05) is 18.8 Å². The van der Waals surface area contributed by atoms with Gasteiger partial charge in [-0.25, -0.2) is 8.42 Å². The number of rotatable bonds is 5. The highest BCUT2D eigenvalue weighted by atomic mass is 32.2. The number of fused-ring (bicyclic) bond motifs is 1. The van der Waals surface area contributed by atoms with Gasteiger partial charge in [0.1, 0.15) is 9.84 Å². The van der Waals surface area contributed by atoms with Gasteiger partial charge in [-0.15, -0.1) is 0 Å². The van der Waals surface area contributed by atoms with E-state index in [1.54, 1.807) is 4.90 Å². The predicted octanol–water partition coefficient (Wildman–Crippen LogP) is 2.39. The number of amides is 1. The molecule has 0 N–H and O–H groups in total. The van der Waals surface area contributed by atoms with E-state index in [4.69, 9.17) is 0 Å². The third kappa shape index (κ3) is 3.88. The van der Waals surface area contributed by atoms with Gasteiger partial charge in [0.2, 0.25) is 5.91 Å². The van der Waals surface area contributed by atoms with E-state index in [-0.39, 0.29) is 23.6 Å². The molecule has 4 nitrogen and oxygen atoms in total. The fourth-order valence-electron chi connectivity index (χ4n) is 3.42. The van der Waals surface area contributed by atoms with E-state index in [0.29, 0.717) is 6.54 Å². The van der Waals surface area contributed by atoms with Gasteiger partial charge >= 0.3 is 0 Å². The lowest BCUT2D eigenvalue weighted by atomic mass is 9.82. The fourth-order valence-corrected chi connectivity index (χ4v) is 4.48. The second kappa shape index (κ2) is 6.82. The molecule has 1 amide bonds. The summed E-state index contributed by atoms with van der Waals surface area (Å²) in [5, 5.41) is 0. The summed E-state index contributed by atoms with van der Waals surface area (Å²) in [5.74, 6) is -0.0567. The van der Waals surface area contributed by atoms with Crippen molar-refractivity contribution in [1.82, 2.24) is 4.90 Å². The zero-order chi connectivity index (χ0) is 16.3. The summed E-state index contributed by atoms with van der Waals surface area (Å²) in [6.45, 7) is 4.26. The van der Waals surface area contributed by atoms with E-state index < -0.39 is 9.84 Å². The van der Waals surface area contributed by atoms with Gasteiger partial charge in [-0.05, 0) is 44.2 Å². The van der Waals surface area contributed by atoms with Crippen LogP contribution in [0.25, 0.3) is 0 Å². The molecule has 2 rings (SSSR count). The lowest BCUT2D eigenvalue weighted by Gasteiger charge is -2.33. The molecule has 0 fully saturated rings. The summed E-state index contributed by atoms with van der Waals surface area (Å²) in [5.41, 5.74) is 2.36. The molecule has 0 saturated heterocycles. The molecular weight excluding hydrogens is 298 g/mol. The van der Waals surface area contributed by atoms with Crippen LogP contribution in [0.2, 0.25) is 0 Å². The Labute approximate surface area is 133 Å². The van der Waals surface area contributed by atoms with Crippen LogP contribution >= 0.6 is 0 Å². The minimum absolute atomic E-state index is 0.0148. The fraction of sp³-hybridized carbons (Fsp3) is 0.588. The number of hydrogen-bond donors (Lipinski definition) is 0. The van der Waals surface area contributed by atoms with E-state index in [1.165, 1.54) is 11.8 Å². The molecule has 0 bridgehead atoms. The van der Waals surface area contributed by atoms with Crippen LogP contribution in [0.15, 0.2) is 24.3 Å². The van der Waals surface area contributed by atoms with Gasteiger partial charge in [-0.3, -0.25) is 4.79 Å². The summed E-state index contributed by atoms with van der Waals surface area (Å²) < 4.78 is 23.0. The van der Waals surface area contributed by atoms with Crippen LogP contribution in [0.1, 0.15) is 43.7 Å². The molecule has 1 aromatic carbocycles. The minimum atomic E-state index is -3.10. The van der Waals surface area contributed by atoms with Crippen LogP contribution in [-0.2, 0) is 21.1 Å². The minimum Gasteiger partial charge on any atom is -0.339 e. The summed E-state index contributed by atoms with van der Waals surface area (Å²) in [7, 11) is -3.10. The van der Waals surface area contributed by atoms with Crippen molar-refractivity contribution in [3.63, 3.8) is 0 Å². The Morgan fingerprint density at radius 2 is 2.05 bits per heavy atom. The van der Waals surface area contributed by atoms with Crippen molar-refractivity contribution < 1.29 is 13.2 Å². The van der Waals surface area contributed by atoms with Crippen LogP contribution in [0.5, 0.6) is 0 Å². The molecule has 2 atom stereocenters. The summed E-state index contributed by atoms with van der Waals surface area (Å²) in [6.07, 6.45) is 4.09. The Morgan fingerprint density at radius 3 is 2.68 bits per heavy atom. The normalized spacial score (nSPS) is 19.3. The number of nitrogens with zero attached hydrogens (tertiary/aromatic N) is 1. The maximum atomic E-state index is 13.0. The first kappa shape index (κ1) is 17.0. The van der Waals surface area contributed by atoms with Crippen molar-refractivity contribution in [3.05, 3.63) is 35.4 Å². The van der Waals surface area contributed by atoms with Crippen LogP contribution in [0.3, 0.4) is 0 Å². The van der Waals surface area contributed by atoms with Crippen LogP contribution in [-0.4, -0.2) is 43.8 Å². The Bertz CT molecular complexity index is 639. The first-order chi connectivity index (χ1) is 10.3. The topological polar surface area (TPSA) is 54.5 Å². The first-order valence-electron chi connectivity index (χ1n) is 7.89. The summed E-state index contributed by atoms with van der Waals surface area (Å²) in [6, 6.07) is 7.81. The standard InChI is InChI=1S/C17H25NO3S/c1-4-18(13(2)12-22(3,20)21)17(19)16-11-7-9-14-8-5-6-10-15(14)16/h5-6,8,10,13,16H,4,7,9,11-12H2,1-3H3/t13-,16+/m0/s1. The molecule has 1 aliphatic carbocycles. The number of aryl methyl sites for hydroxylation is 1. The third-order valence-corrected chi connectivity index (χ3v) is 5.46. The molecule has 22 heavy (non-hydrogen) atoms. The molecule has 0 spiro atoms. The monoisotopic (exact) mass is 323 g/mol. The molecule has 122 valence electrons. The van der Waals surface area contributed by atoms with Crippen molar-refractivity contribution in [1.29, 1.82) is 0 Å². The average Bonchev–Trinajstić information content (AvgIpc) is 2.45. The predicted molar refractivity (Wildman–Crippen MR) is 88.7 cm³/mol. The lowest BCUT2D eigenvalue weighted by Crippen LogP contribution is -2.45. The number of carbonyl (C=O) groups is 1. The molecule has 0 aliphatic heterocycles. The smallest absolute Gasteiger partial charge is 0.230 e. The Kier molecular flexibility index (Phi) is 5.27. The quantitative estimate of drug-likeness (QED) is 0.836. The van der Waals surface area contributed by atoms with Gasteiger partial charge in [0.25, 0.3) is 0 Å². The molecule has 1 aromatic rings. The van der Waals surface area contributed by atoms with Gasteiger partial charge in [0.15, 0.2) is 0 Å². The van der Waals surface area contributed by atoms with E-state index in [2.05, 4.69) is 6.07 Å². The summed E-state index contributed by atoms with van der Waals surface area (Å²) in [4.78, 5) is 14.7. The Balaban J connectivity index is 2.23. The van der Waals surface area contributed by atoms with Gasteiger partial charge in [-0.1, -0.05) is 24.3 Å². The van der Waals surface area contributed by atoms with Crippen molar-refractivity contribution in [2.24, 2.45) is 0 Å². The van der Waals surface area contributed by atoms with Crippen molar-refractivity contribution in [3.8, 4) is 0 Å². The Hall–Kier alpha value is -1.36. The lowest BCUT2D eigenvalue weighted by molar-refractivity contribution is -0.134. The number of sulfone groups is 1. The van der Waals surface area contributed by atoms with Crippen LogP contribution in [0.4, 0.5) is 0 Å². The molecule has 0 radical (unpaired) electrons. The number of hydrogen-bond acceptors (Lipinski definition) is 3. The molecular formula is C17H25NO3S. The maximum Gasteiger partial charge on any atom is 0.230 e.